The molecular weight excluding hydrogens is 320 g/mol. The van der Waals surface area contributed by atoms with Crippen molar-refractivity contribution >= 4 is 5.78 Å². The van der Waals surface area contributed by atoms with Gasteiger partial charge < -0.3 is 9.84 Å². The number of hydrogen-bond acceptors (Lipinski definition) is 8. The molecule has 0 saturated carbocycles. The summed E-state index contributed by atoms with van der Waals surface area (Å²) in [6.45, 7) is 6.86. The van der Waals surface area contributed by atoms with Crippen molar-refractivity contribution in [3.63, 3.8) is 0 Å². The average molecular weight is 342 g/mol. The SMILES string of the molecule is Cc1nc2ncnn2c(C)c1CCc1nc(C2CNCCN2C)no1. The fourth-order valence-electron chi connectivity index (χ4n) is 3.35. The van der Waals surface area contributed by atoms with E-state index in [0.717, 1.165) is 48.8 Å². The summed E-state index contributed by atoms with van der Waals surface area (Å²) in [4.78, 5) is 15.5. The molecule has 1 aliphatic heterocycles. The van der Waals surface area contributed by atoms with Crippen LogP contribution < -0.4 is 5.32 Å². The van der Waals surface area contributed by atoms with Crippen LogP contribution in [0.5, 0.6) is 0 Å². The summed E-state index contributed by atoms with van der Waals surface area (Å²) in [6.07, 6.45) is 2.98. The molecule has 1 atom stereocenters. The molecule has 0 aromatic carbocycles. The van der Waals surface area contributed by atoms with Crippen molar-refractivity contribution in [2.75, 3.05) is 26.7 Å². The van der Waals surface area contributed by atoms with E-state index in [1.165, 1.54) is 6.33 Å². The van der Waals surface area contributed by atoms with Gasteiger partial charge in [0.05, 0.1) is 6.04 Å². The van der Waals surface area contributed by atoms with E-state index >= 15 is 0 Å². The third-order valence-electron chi connectivity index (χ3n) is 4.87. The zero-order valence-electron chi connectivity index (χ0n) is 14.7. The standard InChI is InChI=1S/C16H22N8O/c1-10-12(11(2)24-16(20-10)18-9-19-24)4-5-14-21-15(22-25-14)13-8-17-6-7-23(13)3/h9,13,17H,4-8H2,1-3H3. The van der Waals surface area contributed by atoms with Gasteiger partial charge in [-0.1, -0.05) is 5.16 Å². The van der Waals surface area contributed by atoms with Crippen LogP contribution in [0.3, 0.4) is 0 Å². The molecule has 0 amide bonds. The van der Waals surface area contributed by atoms with E-state index in [1.54, 1.807) is 4.52 Å². The molecule has 0 spiro atoms. The number of fused-ring (bicyclic) bond motifs is 1. The maximum Gasteiger partial charge on any atom is 0.252 e. The van der Waals surface area contributed by atoms with E-state index in [0.29, 0.717) is 18.1 Å². The largest absolute Gasteiger partial charge is 0.339 e. The smallest absolute Gasteiger partial charge is 0.252 e. The third-order valence-corrected chi connectivity index (χ3v) is 4.87. The van der Waals surface area contributed by atoms with Crippen LogP contribution in [0.25, 0.3) is 5.78 Å². The number of likely N-dealkylation sites (N-methyl/N-ethyl adjacent to an activating group) is 1. The Hall–Kier alpha value is -2.39. The lowest BCUT2D eigenvalue weighted by Crippen LogP contribution is -2.44. The van der Waals surface area contributed by atoms with Crippen molar-refractivity contribution in [3.05, 3.63) is 35.0 Å². The van der Waals surface area contributed by atoms with Gasteiger partial charge in [-0.25, -0.2) is 9.50 Å². The Labute approximate surface area is 145 Å². The minimum absolute atomic E-state index is 0.169. The van der Waals surface area contributed by atoms with Crippen LogP contribution >= 0.6 is 0 Å². The minimum atomic E-state index is 0.169. The Morgan fingerprint density at radius 1 is 1.28 bits per heavy atom. The predicted octanol–water partition coefficient (Wildman–Crippen LogP) is 0.485. The second-order valence-corrected chi connectivity index (χ2v) is 6.48. The fourth-order valence-corrected chi connectivity index (χ4v) is 3.35. The molecule has 25 heavy (non-hydrogen) atoms. The normalized spacial score (nSPS) is 18.9. The van der Waals surface area contributed by atoms with Gasteiger partial charge in [0.2, 0.25) is 5.89 Å². The van der Waals surface area contributed by atoms with Crippen LogP contribution in [0, 0.1) is 13.8 Å². The van der Waals surface area contributed by atoms with Gasteiger partial charge in [0.1, 0.15) is 6.33 Å². The number of aromatic nitrogens is 6. The number of hydrogen-bond donors (Lipinski definition) is 1. The summed E-state index contributed by atoms with van der Waals surface area (Å²) < 4.78 is 7.24. The maximum absolute atomic E-state index is 5.47. The quantitative estimate of drug-likeness (QED) is 0.731. The highest BCUT2D eigenvalue weighted by atomic mass is 16.5. The first-order valence-electron chi connectivity index (χ1n) is 8.52. The number of rotatable bonds is 4. The van der Waals surface area contributed by atoms with Crippen LogP contribution in [0.15, 0.2) is 10.9 Å². The van der Waals surface area contributed by atoms with Crippen LogP contribution in [0.2, 0.25) is 0 Å². The van der Waals surface area contributed by atoms with Crippen LogP contribution in [-0.4, -0.2) is 61.3 Å². The molecule has 4 heterocycles. The lowest BCUT2D eigenvalue weighted by Gasteiger charge is -2.30. The van der Waals surface area contributed by atoms with Crippen molar-refractivity contribution in [2.45, 2.75) is 32.7 Å². The minimum Gasteiger partial charge on any atom is -0.339 e. The topological polar surface area (TPSA) is 97.3 Å². The predicted molar refractivity (Wildman–Crippen MR) is 90.2 cm³/mol. The van der Waals surface area contributed by atoms with E-state index in [-0.39, 0.29) is 6.04 Å². The first kappa shape index (κ1) is 16.1. The number of piperazine rings is 1. The van der Waals surface area contributed by atoms with Gasteiger partial charge in [-0.2, -0.15) is 15.1 Å². The van der Waals surface area contributed by atoms with Crippen molar-refractivity contribution in [3.8, 4) is 0 Å². The Morgan fingerprint density at radius 3 is 3.00 bits per heavy atom. The van der Waals surface area contributed by atoms with Crippen LogP contribution in [0.1, 0.15) is 34.7 Å². The van der Waals surface area contributed by atoms with Gasteiger partial charge in [0, 0.05) is 37.4 Å². The van der Waals surface area contributed by atoms with Crippen molar-refractivity contribution in [2.24, 2.45) is 0 Å². The fraction of sp³-hybridized carbons (Fsp3) is 0.562. The molecule has 1 fully saturated rings. The summed E-state index contributed by atoms with van der Waals surface area (Å²) >= 11 is 0. The zero-order chi connectivity index (χ0) is 17.4. The maximum atomic E-state index is 5.47. The van der Waals surface area contributed by atoms with E-state index < -0.39 is 0 Å². The highest BCUT2D eigenvalue weighted by molar-refractivity contribution is 5.36. The molecule has 1 saturated heterocycles. The van der Waals surface area contributed by atoms with Gasteiger partial charge >= 0.3 is 0 Å². The summed E-state index contributed by atoms with van der Waals surface area (Å²) in [7, 11) is 2.09. The highest BCUT2D eigenvalue weighted by Gasteiger charge is 2.25. The molecule has 4 rings (SSSR count). The van der Waals surface area contributed by atoms with E-state index in [4.69, 9.17) is 4.52 Å². The van der Waals surface area contributed by atoms with Crippen molar-refractivity contribution in [1.82, 2.24) is 39.9 Å². The molecular formula is C16H22N8O. The van der Waals surface area contributed by atoms with E-state index in [2.05, 4.69) is 42.5 Å². The molecule has 0 radical (unpaired) electrons. The summed E-state index contributed by atoms with van der Waals surface area (Å²) in [6, 6.07) is 0.169. The number of aryl methyl sites for hydroxylation is 3. The molecule has 1 unspecified atom stereocenters. The second-order valence-electron chi connectivity index (χ2n) is 6.48. The number of nitrogens with one attached hydrogen (secondary N) is 1. The molecule has 9 nitrogen and oxygen atoms in total. The van der Waals surface area contributed by atoms with Crippen molar-refractivity contribution < 1.29 is 4.52 Å². The first-order valence-corrected chi connectivity index (χ1v) is 8.52. The van der Waals surface area contributed by atoms with E-state index in [9.17, 15) is 0 Å². The Morgan fingerprint density at radius 2 is 2.16 bits per heavy atom. The summed E-state index contributed by atoms with van der Waals surface area (Å²) in [5.41, 5.74) is 3.17. The van der Waals surface area contributed by atoms with Crippen LogP contribution in [0.4, 0.5) is 0 Å². The molecule has 1 aliphatic rings. The Balaban J connectivity index is 1.50. The van der Waals surface area contributed by atoms with Gasteiger partial charge in [-0.15, -0.1) is 0 Å². The summed E-state index contributed by atoms with van der Waals surface area (Å²) in [5, 5.41) is 11.8. The van der Waals surface area contributed by atoms with Crippen LogP contribution in [-0.2, 0) is 12.8 Å². The number of nitrogens with zero attached hydrogens (tertiary/aromatic N) is 7. The Kier molecular flexibility index (Phi) is 4.18. The van der Waals surface area contributed by atoms with Gasteiger partial charge in [-0.3, -0.25) is 4.90 Å². The molecule has 9 heteroatoms. The molecule has 0 bridgehead atoms. The highest BCUT2D eigenvalue weighted by Crippen LogP contribution is 2.19. The first-order chi connectivity index (χ1) is 12.1. The molecule has 3 aromatic rings. The van der Waals surface area contributed by atoms with Crippen molar-refractivity contribution in [1.29, 1.82) is 0 Å². The van der Waals surface area contributed by atoms with E-state index in [1.807, 2.05) is 13.8 Å². The second kappa shape index (κ2) is 6.49. The Bertz CT molecular complexity index is 886. The molecule has 0 aliphatic carbocycles. The van der Waals surface area contributed by atoms with Gasteiger partial charge in [-0.05, 0) is 32.9 Å². The lowest BCUT2D eigenvalue weighted by atomic mass is 10.1. The molecule has 132 valence electrons. The monoisotopic (exact) mass is 342 g/mol. The third kappa shape index (κ3) is 3.00. The zero-order valence-corrected chi connectivity index (χ0v) is 14.7. The summed E-state index contributed by atoms with van der Waals surface area (Å²) in [5.74, 6) is 2.04. The van der Waals surface area contributed by atoms with Gasteiger partial charge in [0.15, 0.2) is 5.82 Å². The van der Waals surface area contributed by atoms with Gasteiger partial charge in [0.25, 0.3) is 5.78 Å². The lowest BCUT2D eigenvalue weighted by molar-refractivity contribution is 0.190. The molecule has 1 N–H and O–H groups in total. The average Bonchev–Trinajstić information content (AvgIpc) is 3.24. The molecule has 3 aromatic heterocycles.